The molecule has 19 heavy (non-hydrogen) atoms. The highest BCUT2D eigenvalue weighted by molar-refractivity contribution is 5.48. The molecule has 0 amide bonds. The standard InChI is InChI=1S/C16H22N2O/c1-4-18(15-7-5-12(2)6-8-15)11-14-9-16(10-17)19-13(14)3/h5-9H,4,10-11,17H2,1-3H3. The van der Waals surface area contributed by atoms with Gasteiger partial charge in [0.25, 0.3) is 0 Å². The lowest BCUT2D eigenvalue weighted by Gasteiger charge is -2.23. The average Bonchev–Trinajstić information content (AvgIpc) is 2.78. The third kappa shape index (κ3) is 3.18. The van der Waals surface area contributed by atoms with E-state index in [9.17, 15) is 0 Å². The number of nitrogens with two attached hydrogens (primary N) is 1. The Kier molecular flexibility index (Phi) is 4.27. The molecule has 0 aliphatic carbocycles. The quantitative estimate of drug-likeness (QED) is 0.894. The number of anilines is 1. The van der Waals surface area contributed by atoms with Crippen molar-refractivity contribution >= 4 is 5.69 Å². The van der Waals surface area contributed by atoms with Gasteiger partial charge in [0.2, 0.25) is 0 Å². The molecule has 1 aromatic heterocycles. The lowest BCUT2D eigenvalue weighted by atomic mass is 10.2. The fourth-order valence-electron chi connectivity index (χ4n) is 2.19. The van der Waals surface area contributed by atoms with Crippen LogP contribution in [0.5, 0.6) is 0 Å². The zero-order valence-corrected chi connectivity index (χ0v) is 11.9. The summed E-state index contributed by atoms with van der Waals surface area (Å²) in [6, 6.07) is 10.7. The molecule has 0 saturated heterocycles. The van der Waals surface area contributed by atoms with Gasteiger partial charge in [0.1, 0.15) is 11.5 Å². The SMILES string of the molecule is CCN(Cc1cc(CN)oc1C)c1ccc(C)cc1. The largest absolute Gasteiger partial charge is 0.465 e. The van der Waals surface area contributed by atoms with Crippen LogP contribution < -0.4 is 10.6 Å². The summed E-state index contributed by atoms with van der Waals surface area (Å²) in [5, 5.41) is 0. The molecule has 1 heterocycles. The van der Waals surface area contributed by atoms with Crippen molar-refractivity contribution < 1.29 is 4.42 Å². The average molecular weight is 258 g/mol. The molecule has 0 radical (unpaired) electrons. The zero-order chi connectivity index (χ0) is 13.8. The summed E-state index contributed by atoms with van der Waals surface area (Å²) in [4.78, 5) is 2.33. The second-order valence-corrected chi connectivity index (χ2v) is 4.85. The van der Waals surface area contributed by atoms with Crippen LogP contribution in [0.2, 0.25) is 0 Å². The first-order valence-corrected chi connectivity index (χ1v) is 6.74. The topological polar surface area (TPSA) is 42.4 Å². The summed E-state index contributed by atoms with van der Waals surface area (Å²) in [6.45, 7) is 8.54. The first-order chi connectivity index (χ1) is 9.13. The summed E-state index contributed by atoms with van der Waals surface area (Å²) >= 11 is 0. The number of aryl methyl sites for hydroxylation is 2. The Labute approximate surface area is 115 Å². The van der Waals surface area contributed by atoms with Gasteiger partial charge < -0.3 is 15.1 Å². The van der Waals surface area contributed by atoms with Gasteiger partial charge in [0, 0.05) is 24.3 Å². The molecule has 2 N–H and O–H groups in total. The summed E-state index contributed by atoms with van der Waals surface area (Å²) in [5.74, 6) is 1.82. The Morgan fingerprint density at radius 3 is 2.37 bits per heavy atom. The van der Waals surface area contributed by atoms with Crippen LogP contribution in [-0.4, -0.2) is 6.54 Å². The van der Waals surface area contributed by atoms with E-state index in [1.165, 1.54) is 16.8 Å². The number of hydrogen-bond donors (Lipinski definition) is 1. The van der Waals surface area contributed by atoms with E-state index in [-0.39, 0.29) is 0 Å². The van der Waals surface area contributed by atoms with Crippen LogP contribution in [0.4, 0.5) is 5.69 Å². The minimum atomic E-state index is 0.456. The third-order valence-corrected chi connectivity index (χ3v) is 3.41. The van der Waals surface area contributed by atoms with Crippen LogP contribution in [0.15, 0.2) is 34.7 Å². The van der Waals surface area contributed by atoms with Crippen LogP contribution in [0.1, 0.15) is 29.6 Å². The van der Waals surface area contributed by atoms with E-state index in [4.69, 9.17) is 10.2 Å². The van der Waals surface area contributed by atoms with Crippen LogP contribution >= 0.6 is 0 Å². The number of rotatable bonds is 5. The van der Waals surface area contributed by atoms with Crippen LogP contribution in [-0.2, 0) is 13.1 Å². The molecule has 0 aliphatic heterocycles. The summed E-state index contributed by atoms with van der Waals surface area (Å²) in [6.07, 6.45) is 0. The first-order valence-electron chi connectivity index (χ1n) is 6.74. The lowest BCUT2D eigenvalue weighted by Crippen LogP contribution is -2.22. The number of hydrogen-bond acceptors (Lipinski definition) is 3. The number of benzene rings is 1. The molecule has 0 aliphatic rings. The normalized spacial score (nSPS) is 10.7. The van der Waals surface area contributed by atoms with E-state index in [2.05, 4.69) is 49.1 Å². The number of furan rings is 1. The number of nitrogens with zero attached hydrogens (tertiary/aromatic N) is 1. The van der Waals surface area contributed by atoms with E-state index in [0.717, 1.165) is 24.6 Å². The molecule has 0 saturated carbocycles. The molecule has 0 spiro atoms. The highest BCUT2D eigenvalue weighted by Gasteiger charge is 2.11. The minimum Gasteiger partial charge on any atom is -0.465 e. The monoisotopic (exact) mass is 258 g/mol. The van der Waals surface area contributed by atoms with Crippen molar-refractivity contribution in [3.8, 4) is 0 Å². The Hall–Kier alpha value is -1.74. The molecular formula is C16H22N2O. The van der Waals surface area contributed by atoms with Crippen molar-refractivity contribution in [1.82, 2.24) is 0 Å². The van der Waals surface area contributed by atoms with Crippen molar-refractivity contribution in [2.75, 3.05) is 11.4 Å². The van der Waals surface area contributed by atoms with Gasteiger partial charge >= 0.3 is 0 Å². The van der Waals surface area contributed by atoms with Crippen LogP contribution in [0.3, 0.4) is 0 Å². The molecular weight excluding hydrogens is 236 g/mol. The predicted octanol–water partition coefficient (Wildman–Crippen LogP) is 3.38. The Balaban J connectivity index is 2.18. The van der Waals surface area contributed by atoms with E-state index in [0.29, 0.717) is 6.54 Å². The fourth-order valence-corrected chi connectivity index (χ4v) is 2.19. The van der Waals surface area contributed by atoms with Crippen molar-refractivity contribution in [3.63, 3.8) is 0 Å². The maximum atomic E-state index is 5.62. The van der Waals surface area contributed by atoms with Crippen LogP contribution in [0, 0.1) is 13.8 Å². The van der Waals surface area contributed by atoms with Crippen LogP contribution in [0.25, 0.3) is 0 Å². The smallest absolute Gasteiger partial charge is 0.118 e. The van der Waals surface area contributed by atoms with Crippen molar-refractivity contribution in [3.05, 3.63) is 53.0 Å². The summed E-state index contributed by atoms with van der Waals surface area (Å²) in [7, 11) is 0. The Morgan fingerprint density at radius 1 is 1.16 bits per heavy atom. The van der Waals surface area contributed by atoms with E-state index in [1.54, 1.807) is 0 Å². The van der Waals surface area contributed by atoms with Gasteiger partial charge in [-0.3, -0.25) is 0 Å². The molecule has 3 nitrogen and oxygen atoms in total. The molecule has 102 valence electrons. The van der Waals surface area contributed by atoms with Gasteiger partial charge in [-0.1, -0.05) is 17.7 Å². The second-order valence-electron chi connectivity index (χ2n) is 4.85. The van der Waals surface area contributed by atoms with E-state index >= 15 is 0 Å². The van der Waals surface area contributed by atoms with Crippen molar-refractivity contribution in [2.24, 2.45) is 5.73 Å². The molecule has 1 aromatic carbocycles. The molecule has 0 unspecified atom stereocenters. The second kappa shape index (κ2) is 5.93. The molecule has 0 atom stereocenters. The maximum Gasteiger partial charge on any atom is 0.118 e. The van der Waals surface area contributed by atoms with Gasteiger partial charge in [-0.25, -0.2) is 0 Å². The lowest BCUT2D eigenvalue weighted by molar-refractivity contribution is 0.482. The Bertz CT molecular complexity index is 528. The van der Waals surface area contributed by atoms with Crippen molar-refractivity contribution in [2.45, 2.75) is 33.9 Å². The van der Waals surface area contributed by atoms with E-state index < -0.39 is 0 Å². The molecule has 2 aromatic rings. The van der Waals surface area contributed by atoms with E-state index in [1.807, 2.05) is 6.92 Å². The van der Waals surface area contributed by atoms with Gasteiger partial charge in [-0.15, -0.1) is 0 Å². The Morgan fingerprint density at radius 2 is 1.84 bits per heavy atom. The minimum absolute atomic E-state index is 0.456. The highest BCUT2D eigenvalue weighted by atomic mass is 16.3. The maximum absolute atomic E-state index is 5.62. The molecule has 3 heteroatoms. The van der Waals surface area contributed by atoms with Gasteiger partial charge in [0.15, 0.2) is 0 Å². The van der Waals surface area contributed by atoms with Gasteiger partial charge in [-0.2, -0.15) is 0 Å². The van der Waals surface area contributed by atoms with Crippen molar-refractivity contribution in [1.29, 1.82) is 0 Å². The summed E-state index contributed by atoms with van der Waals surface area (Å²) < 4.78 is 5.61. The fraction of sp³-hybridized carbons (Fsp3) is 0.375. The van der Waals surface area contributed by atoms with Gasteiger partial charge in [-0.05, 0) is 39.0 Å². The third-order valence-electron chi connectivity index (χ3n) is 3.41. The predicted molar refractivity (Wildman–Crippen MR) is 79.2 cm³/mol. The summed E-state index contributed by atoms with van der Waals surface area (Å²) in [5.41, 5.74) is 9.35. The molecule has 2 rings (SSSR count). The molecule has 0 fully saturated rings. The molecule has 0 bridgehead atoms. The highest BCUT2D eigenvalue weighted by Crippen LogP contribution is 2.21. The first kappa shape index (κ1) is 13.7. The van der Waals surface area contributed by atoms with Gasteiger partial charge in [0.05, 0.1) is 6.54 Å². The zero-order valence-electron chi connectivity index (χ0n) is 11.9.